The summed E-state index contributed by atoms with van der Waals surface area (Å²) in [5, 5.41) is 25.5. The predicted molar refractivity (Wildman–Crippen MR) is 162 cm³/mol. The van der Waals surface area contributed by atoms with Crippen LogP contribution in [0.25, 0.3) is 28.3 Å². The van der Waals surface area contributed by atoms with Crippen molar-refractivity contribution in [3.63, 3.8) is 0 Å². The van der Waals surface area contributed by atoms with Crippen LogP contribution in [0, 0.1) is 0 Å². The third kappa shape index (κ3) is 5.98. The van der Waals surface area contributed by atoms with E-state index in [9.17, 15) is 14.7 Å². The maximum Gasteiger partial charge on any atom is 1.00 e. The first-order valence-corrected chi connectivity index (χ1v) is 14.4. The molecular formula is C33H31N7Na2O3. The second kappa shape index (κ2) is 13.9. The zero-order chi connectivity index (χ0) is 29.5. The third-order valence-electron chi connectivity index (χ3n) is 8.17. The summed E-state index contributed by atoms with van der Waals surface area (Å²) in [6, 6.07) is 24.1. The van der Waals surface area contributed by atoms with E-state index in [1.807, 2.05) is 30.3 Å². The standard InChI is InChI=1S/C33H29N7O3.2Na.2H/c1-2-8-26-34-25-17-18-39-29(31(42)27(33(39)43)30(41)22-9-4-3-5-10-22)28(25)40(26)19-20-13-15-21(16-14-20)23-11-6-7-12-24(23)32-35-37-38-36-32;;;;/h3-7,9-16,29,41H,2,8,17-19H2,1H3,(H,35,36,37,38);;;;/q;2*+1;2*-1. The van der Waals surface area contributed by atoms with Crippen molar-refractivity contribution in [2.45, 2.75) is 38.8 Å². The number of aliphatic hydroxyl groups excluding tert-OH is 1. The first-order chi connectivity index (χ1) is 21.0. The van der Waals surface area contributed by atoms with Crippen LogP contribution in [0.2, 0.25) is 0 Å². The summed E-state index contributed by atoms with van der Waals surface area (Å²) in [6.45, 7) is 2.98. The molecule has 0 bridgehead atoms. The summed E-state index contributed by atoms with van der Waals surface area (Å²) in [5.41, 5.74) is 5.80. The minimum atomic E-state index is -0.809. The molecule has 10 nitrogen and oxygen atoms in total. The normalized spacial score (nSPS) is 16.5. The van der Waals surface area contributed by atoms with E-state index in [1.54, 1.807) is 29.2 Å². The van der Waals surface area contributed by atoms with Crippen LogP contribution in [0.5, 0.6) is 0 Å². The molecule has 3 aromatic carbocycles. The molecule has 2 N–H and O–H groups in total. The first-order valence-electron chi connectivity index (χ1n) is 14.4. The second-order valence-corrected chi connectivity index (χ2v) is 10.8. The van der Waals surface area contributed by atoms with E-state index in [-0.39, 0.29) is 79.1 Å². The predicted octanol–water partition coefficient (Wildman–Crippen LogP) is -1.06. The second-order valence-electron chi connectivity index (χ2n) is 10.8. The molecule has 1 saturated heterocycles. The van der Waals surface area contributed by atoms with Crippen LogP contribution in [0.1, 0.15) is 50.6 Å². The number of ketones is 1. The summed E-state index contributed by atoms with van der Waals surface area (Å²) in [6.07, 6.45) is 2.19. The fourth-order valence-corrected chi connectivity index (χ4v) is 6.16. The number of nitrogens with zero attached hydrogens (tertiary/aromatic N) is 6. The average molecular weight is 620 g/mol. The van der Waals surface area contributed by atoms with Crippen LogP contribution in [-0.4, -0.2) is 58.4 Å². The number of aromatic amines is 1. The van der Waals surface area contributed by atoms with Gasteiger partial charge in [0.25, 0.3) is 5.91 Å². The topological polar surface area (TPSA) is 130 Å². The molecule has 45 heavy (non-hydrogen) atoms. The van der Waals surface area contributed by atoms with Gasteiger partial charge in [-0.05, 0) is 28.3 Å². The van der Waals surface area contributed by atoms with Crippen molar-refractivity contribution in [2.24, 2.45) is 0 Å². The van der Waals surface area contributed by atoms with Gasteiger partial charge in [-0.2, -0.15) is 5.21 Å². The SMILES string of the molecule is CCCc1nc2c(n1Cc1ccc(-c3ccccc3-c3nn[nH]n3)cc1)C1C(=O)C(=C(O)c3ccccc3)C(=O)N1CC2.[H-].[H-].[Na+].[Na+]. The first kappa shape index (κ1) is 33.0. The number of hydrogen-bond acceptors (Lipinski definition) is 7. The van der Waals surface area contributed by atoms with E-state index in [2.05, 4.69) is 56.4 Å². The maximum absolute atomic E-state index is 13.9. The molecule has 1 fully saturated rings. The van der Waals surface area contributed by atoms with Crippen molar-refractivity contribution >= 4 is 17.4 Å². The number of fused-ring (bicyclic) bond motifs is 3. The number of nitrogens with one attached hydrogen (secondary N) is 1. The van der Waals surface area contributed by atoms with E-state index < -0.39 is 11.9 Å². The molecule has 0 spiro atoms. The van der Waals surface area contributed by atoms with Gasteiger partial charge >= 0.3 is 59.1 Å². The Balaban J connectivity index is 0.00000150. The zero-order valence-electron chi connectivity index (χ0n) is 27.6. The van der Waals surface area contributed by atoms with Gasteiger partial charge in [0.15, 0.2) is 0 Å². The number of tetrazole rings is 1. The molecule has 0 aliphatic carbocycles. The molecular weight excluding hydrogens is 588 g/mol. The summed E-state index contributed by atoms with van der Waals surface area (Å²) in [5.74, 6) is 0.330. The number of aliphatic hydroxyl groups is 1. The number of hydrogen-bond donors (Lipinski definition) is 2. The van der Waals surface area contributed by atoms with Gasteiger partial charge in [-0.3, -0.25) is 9.59 Å². The minimum Gasteiger partial charge on any atom is -1.00 e. The summed E-state index contributed by atoms with van der Waals surface area (Å²) in [7, 11) is 0. The van der Waals surface area contributed by atoms with Gasteiger partial charge in [0, 0.05) is 37.1 Å². The van der Waals surface area contributed by atoms with Gasteiger partial charge < -0.3 is 17.4 Å². The number of Topliss-reactive ketones (excluding diaryl/α,β-unsaturated/α-hetero) is 1. The fraction of sp³-hybridized carbons (Fsp3) is 0.212. The number of aryl methyl sites for hydroxylation is 1. The van der Waals surface area contributed by atoms with Gasteiger partial charge in [0.1, 0.15) is 23.2 Å². The van der Waals surface area contributed by atoms with Crippen LogP contribution in [-0.2, 0) is 29.0 Å². The van der Waals surface area contributed by atoms with Crippen LogP contribution in [0.3, 0.4) is 0 Å². The number of H-pyrrole nitrogens is 1. The number of imidazole rings is 1. The largest absolute Gasteiger partial charge is 1.00 e. The number of benzene rings is 3. The fourth-order valence-electron chi connectivity index (χ4n) is 6.16. The Bertz CT molecular complexity index is 1880. The molecule has 1 amide bonds. The molecule has 7 rings (SSSR count). The van der Waals surface area contributed by atoms with Crippen molar-refractivity contribution in [3.05, 3.63) is 113 Å². The molecule has 0 saturated carbocycles. The van der Waals surface area contributed by atoms with Crippen molar-refractivity contribution in [1.29, 1.82) is 0 Å². The molecule has 2 aliphatic rings. The van der Waals surface area contributed by atoms with E-state index >= 15 is 0 Å². The molecule has 12 heteroatoms. The van der Waals surface area contributed by atoms with E-state index in [4.69, 9.17) is 4.98 Å². The Morgan fingerprint density at radius 3 is 2.38 bits per heavy atom. The number of carbonyl (C=O) groups excluding carboxylic acids is 2. The van der Waals surface area contributed by atoms with Crippen LogP contribution >= 0.6 is 0 Å². The van der Waals surface area contributed by atoms with Crippen molar-refractivity contribution in [2.75, 3.05) is 6.54 Å². The molecule has 4 heterocycles. The monoisotopic (exact) mass is 619 g/mol. The smallest absolute Gasteiger partial charge is 1.00 e. The van der Waals surface area contributed by atoms with E-state index in [0.717, 1.165) is 52.3 Å². The van der Waals surface area contributed by atoms with E-state index in [0.29, 0.717) is 30.9 Å². The molecule has 5 aromatic rings. The Morgan fingerprint density at radius 1 is 0.978 bits per heavy atom. The van der Waals surface area contributed by atoms with Crippen LogP contribution in [0.4, 0.5) is 0 Å². The van der Waals surface area contributed by atoms with E-state index in [1.165, 1.54) is 0 Å². The molecule has 218 valence electrons. The molecule has 1 unspecified atom stereocenters. The molecule has 2 aliphatic heterocycles. The van der Waals surface area contributed by atoms with Crippen molar-refractivity contribution in [1.82, 2.24) is 35.1 Å². The van der Waals surface area contributed by atoms with Crippen molar-refractivity contribution in [3.8, 4) is 22.5 Å². The zero-order valence-corrected chi connectivity index (χ0v) is 29.6. The van der Waals surface area contributed by atoms with Crippen molar-refractivity contribution < 1.29 is 76.7 Å². The van der Waals surface area contributed by atoms with Gasteiger partial charge in [0.05, 0.1) is 11.4 Å². The van der Waals surface area contributed by atoms with Gasteiger partial charge in [0.2, 0.25) is 11.6 Å². The summed E-state index contributed by atoms with van der Waals surface area (Å²) >= 11 is 0. The minimum absolute atomic E-state index is 0. The summed E-state index contributed by atoms with van der Waals surface area (Å²) < 4.78 is 2.10. The molecule has 0 radical (unpaired) electrons. The quantitative estimate of drug-likeness (QED) is 0.103. The third-order valence-corrected chi connectivity index (χ3v) is 8.17. The number of carbonyl (C=O) groups is 2. The Kier molecular flexibility index (Phi) is 10.2. The number of rotatable bonds is 7. The Labute approximate surface area is 307 Å². The van der Waals surface area contributed by atoms with Crippen LogP contribution < -0.4 is 59.1 Å². The Morgan fingerprint density at radius 2 is 1.69 bits per heavy atom. The van der Waals surface area contributed by atoms with Crippen LogP contribution in [0.15, 0.2) is 84.4 Å². The molecule has 1 atom stereocenters. The van der Waals surface area contributed by atoms with Gasteiger partial charge in [-0.1, -0.05) is 85.8 Å². The Hall–Kier alpha value is -3.38. The molecule has 2 aromatic heterocycles. The van der Waals surface area contributed by atoms with Gasteiger partial charge in [-0.15, -0.1) is 10.2 Å². The average Bonchev–Trinajstić information content (AvgIpc) is 3.76. The number of aromatic nitrogens is 6. The summed E-state index contributed by atoms with van der Waals surface area (Å²) in [4.78, 5) is 33.9. The van der Waals surface area contributed by atoms with Gasteiger partial charge in [-0.25, -0.2) is 4.98 Å². The maximum atomic E-state index is 13.9. The number of amides is 1.